The molecule has 11 amide bonds. The average Bonchev–Trinajstić information content (AvgIpc) is 0.814. The molecule has 1 aliphatic rings. The number of aliphatic hydroxyl groups is 1. The van der Waals surface area contributed by atoms with Crippen LogP contribution in [0.4, 0.5) is 0 Å². The molecule has 0 aliphatic carbocycles. The van der Waals surface area contributed by atoms with E-state index in [1.54, 1.807) is 78.8 Å². The van der Waals surface area contributed by atoms with E-state index in [0.29, 0.717) is 5.03 Å². The second-order valence-corrected chi connectivity index (χ2v) is 28.5. The molecule has 1 aliphatic heterocycles. The number of hydrogen-bond donors (Lipinski definition) is 5. The van der Waals surface area contributed by atoms with Crippen molar-refractivity contribution in [3.8, 4) is 0 Å². The molecular formula is C67H114N12O12S. The van der Waals surface area contributed by atoms with E-state index in [1.807, 2.05) is 55.4 Å². The molecule has 5 N–H and O–H groups in total. The van der Waals surface area contributed by atoms with Crippen LogP contribution in [0.25, 0.3) is 0 Å². The summed E-state index contributed by atoms with van der Waals surface area (Å²) >= 11 is 0.925. The summed E-state index contributed by atoms with van der Waals surface area (Å²) in [7, 11) is 9.93. The summed E-state index contributed by atoms with van der Waals surface area (Å²) in [5.74, 6) is -10.2. The first kappa shape index (κ1) is 81.5. The van der Waals surface area contributed by atoms with Crippen molar-refractivity contribution in [3.63, 3.8) is 0 Å². The van der Waals surface area contributed by atoms with Crippen LogP contribution in [-0.2, 0) is 52.7 Å². The van der Waals surface area contributed by atoms with E-state index in [1.165, 1.54) is 93.9 Å². The minimum Gasteiger partial charge on any atom is -0.390 e. The summed E-state index contributed by atoms with van der Waals surface area (Å²) in [6.07, 6.45) is 4.35. The second kappa shape index (κ2) is 37.3. The Bertz CT molecular complexity index is 2690. The smallest absolute Gasteiger partial charge is 0.256 e. The standard InChI is InChI=1S/C67H114N12O12S/c1-25-27-30-43(15)55(80)54-59(84)71-46(26-2)61(86)79(24)67(92-51-31-28-29-32-68-51)66(91)74(19)48(34-38(5)6)58(83)72-52(41(11)12)64(89)73(18)47(33-37(3)4)57(82)69-44(16)56(81)70-45(17)60(85)75(20)49(35-39(7)8)62(87)76(21)50(36-40(9)10)63(88)77(22)53(42(13)14)65(90)78(54)23/h25,27-29,31-32,37-50,52-55,67,80H,26,30,33-36H2,1-24H3,(H,69,82)(H,70,81)(H,71,84)(H,72,83)/b27-25+/t43-,44+,45-,46+,47+,48+,49+,50+,52+,53+,54?,55-,67-/m1/s1. The lowest BCUT2D eigenvalue weighted by molar-refractivity contribution is -0.157. The van der Waals surface area contributed by atoms with E-state index in [-0.39, 0.29) is 62.2 Å². The van der Waals surface area contributed by atoms with Gasteiger partial charge in [0, 0.05) is 55.5 Å². The number of amides is 11. The summed E-state index contributed by atoms with van der Waals surface area (Å²) in [4.78, 5) is 177. The minimum atomic E-state index is -1.66. The molecule has 13 atom stereocenters. The van der Waals surface area contributed by atoms with Gasteiger partial charge in [-0.1, -0.05) is 127 Å². The molecule has 0 radical (unpaired) electrons. The van der Waals surface area contributed by atoms with Crippen molar-refractivity contribution >= 4 is 76.7 Å². The molecule has 520 valence electrons. The van der Waals surface area contributed by atoms with Gasteiger partial charge in [0.25, 0.3) is 5.91 Å². The molecule has 1 aromatic rings. The van der Waals surface area contributed by atoms with Gasteiger partial charge in [-0.3, -0.25) is 52.7 Å². The van der Waals surface area contributed by atoms with Gasteiger partial charge >= 0.3 is 0 Å². The lowest BCUT2D eigenvalue weighted by Crippen LogP contribution is -2.64. The Labute approximate surface area is 553 Å². The fourth-order valence-electron chi connectivity index (χ4n) is 11.4. The number of aliphatic hydroxyl groups excluding tert-OH is 1. The van der Waals surface area contributed by atoms with Crippen LogP contribution in [0.3, 0.4) is 0 Å². The van der Waals surface area contributed by atoms with E-state index in [0.717, 1.165) is 21.6 Å². The van der Waals surface area contributed by atoms with Gasteiger partial charge < -0.3 is 60.7 Å². The van der Waals surface area contributed by atoms with Crippen LogP contribution < -0.4 is 21.3 Å². The first-order valence-electron chi connectivity index (χ1n) is 32.6. The van der Waals surface area contributed by atoms with Crippen molar-refractivity contribution in [2.24, 2.45) is 41.4 Å². The Balaban J connectivity index is 3.12. The Morgan fingerprint density at radius 2 is 0.935 bits per heavy atom. The van der Waals surface area contributed by atoms with E-state index in [9.17, 15) is 29.1 Å². The maximum Gasteiger partial charge on any atom is 0.256 e. The molecular weight excluding hydrogens is 1200 g/mol. The van der Waals surface area contributed by atoms with Crippen LogP contribution in [0.15, 0.2) is 41.6 Å². The van der Waals surface area contributed by atoms with E-state index in [2.05, 4.69) is 26.3 Å². The van der Waals surface area contributed by atoms with Crippen LogP contribution >= 0.6 is 11.8 Å². The van der Waals surface area contributed by atoms with Crippen molar-refractivity contribution in [1.82, 2.24) is 60.6 Å². The third-order valence-electron chi connectivity index (χ3n) is 17.1. The fourth-order valence-corrected chi connectivity index (χ4v) is 12.4. The van der Waals surface area contributed by atoms with Crippen LogP contribution in [0.5, 0.6) is 0 Å². The molecule has 2 heterocycles. The van der Waals surface area contributed by atoms with Crippen molar-refractivity contribution in [2.45, 2.75) is 233 Å². The maximum atomic E-state index is 15.3. The molecule has 1 fully saturated rings. The summed E-state index contributed by atoms with van der Waals surface area (Å²) in [5, 5.41) is 22.3. The second-order valence-electron chi connectivity index (χ2n) is 27.4. The van der Waals surface area contributed by atoms with Gasteiger partial charge in [-0.2, -0.15) is 0 Å². The van der Waals surface area contributed by atoms with Gasteiger partial charge in [0.05, 0.1) is 11.1 Å². The molecule has 24 nitrogen and oxygen atoms in total. The first-order chi connectivity index (χ1) is 42.7. The molecule has 2 rings (SSSR count). The number of hydrogen-bond acceptors (Lipinski definition) is 14. The van der Waals surface area contributed by atoms with Crippen molar-refractivity contribution in [3.05, 3.63) is 36.5 Å². The molecule has 0 saturated carbocycles. The number of allylic oxidation sites excluding steroid dienone is 2. The molecule has 0 spiro atoms. The molecule has 0 bridgehead atoms. The number of carbonyl (C=O) groups excluding carboxylic acids is 11. The van der Waals surface area contributed by atoms with Gasteiger partial charge in [-0.15, -0.1) is 0 Å². The quantitative estimate of drug-likeness (QED) is 0.131. The van der Waals surface area contributed by atoms with Crippen LogP contribution in [-0.4, -0.2) is 231 Å². The summed E-state index contributed by atoms with van der Waals surface area (Å²) in [6, 6.07) is -7.71. The van der Waals surface area contributed by atoms with Crippen molar-refractivity contribution in [2.75, 3.05) is 49.3 Å². The van der Waals surface area contributed by atoms with E-state index < -0.39 is 155 Å². The van der Waals surface area contributed by atoms with Crippen LogP contribution in [0, 0.1) is 41.4 Å². The van der Waals surface area contributed by atoms with Gasteiger partial charge in [0.1, 0.15) is 60.4 Å². The zero-order chi connectivity index (χ0) is 70.7. The molecule has 92 heavy (non-hydrogen) atoms. The third-order valence-corrected chi connectivity index (χ3v) is 18.3. The van der Waals surface area contributed by atoms with Gasteiger partial charge in [-0.05, 0) is 113 Å². The predicted octanol–water partition coefficient (Wildman–Crippen LogP) is 4.78. The van der Waals surface area contributed by atoms with Crippen LogP contribution in [0.2, 0.25) is 0 Å². The average molecular weight is 1310 g/mol. The topological polar surface area (TPSA) is 292 Å². The van der Waals surface area contributed by atoms with Crippen LogP contribution in [0.1, 0.15) is 156 Å². The monoisotopic (exact) mass is 1310 g/mol. The number of aromatic nitrogens is 1. The van der Waals surface area contributed by atoms with Crippen molar-refractivity contribution in [1.29, 1.82) is 0 Å². The largest absolute Gasteiger partial charge is 0.390 e. The van der Waals surface area contributed by atoms with E-state index >= 15 is 28.8 Å². The highest BCUT2D eigenvalue weighted by atomic mass is 32.2. The summed E-state index contributed by atoms with van der Waals surface area (Å²) < 4.78 is 0. The lowest BCUT2D eigenvalue weighted by atomic mass is 9.91. The predicted molar refractivity (Wildman–Crippen MR) is 357 cm³/mol. The Hall–Kier alpha value is -6.63. The molecule has 1 saturated heterocycles. The number of nitrogens with zero attached hydrogens (tertiary/aromatic N) is 8. The summed E-state index contributed by atoms with van der Waals surface area (Å²) in [6.45, 7) is 29.9. The highest BCUT2D eigenvalue weighted by Crippen LogP contribution is 2.29. The third kappa shape index (κ3) is 22.3. The Morgan fingerprint density at radius 1 is 0.489 bits per heavy atom. The summed E-state index contributed by atoms with van der Waals surface area (Å²) in [5.41, 5.74) is 0. The molecule has 25 heteroatoms. The number of carbonyl (C=O) groups is 11. The zero-order valence-electron chi connectivity index (χ0n) is 59.6. The first-order valence-corrected chi connectivity index (χ1v) is 33.5. The number of thioether (sulfide) groups is 1. The number of nitrogens with one attached hydrogen (secondary N) is 4. The number of rotatable bonds is 17. The number of likely N-dealkylation sites (N-methyl/N-ethyl adjacent to an activating group) is 7. The Morgan fingerprint density at radius 3 is 1.39 bits per heavy atom. The zero-order valence-corrected chi connectivity index (χ0v) is 60.4. The maximum absolute atomic E-state index is 15.3. The molecule has 1 unspecified atom stereocenters. The van der Waals surface area contributed by atoms with Gasteiger partial charge in [0.15, 0.2) is 5.37 Å². The minimum absolute atomic E-state index is 0.0317. The van der Waals surface area contributed by atoms with E-state index in [4.69, 9.17) is 0 Å². The number of pyridine rings is 1. The molecule has 1 aromatic heterocycles. The normalized spacial score (nSPS) is 26.5. The highest BCUT2D eigenvalue weighted by Gasteiger charge is 2.46. The Kier molecular flexibility index (Phi) is 33.0. The fraction of sp³-hybridized carbons (Fsp3) is 0.731. The van der Waals surface area contributed by atoms with Gasteiger partial charge in [0.2, 0.25) is 59.1 Å². The lowest BCUT2D eigenvalue weighted by Gasteiger charge is -2.41. The molecule has 0 aromatic carbocycles. The van der Waals surface area contributed by atoms with Gasteiger partial charge in [-0.25, -0.2) is 4.98 Å². The SMILES string of the molecule is C/C=C/C[C@@H](C)[C@@H](O)C1C(=O)N[C@@H](CC)C(=O)N(C)[C@H](Sc2ccccn2)C(=O)N(C)[C@@H](CC(C)C)C(=O)N[C@@H](C(C)C)C(=O)N(C)[C@@H](CC(C)C)C(=O)N[C@@H](C)C(=O)N[C@H](C)C(=O)N(C)[C@@H](CC(C)C)C(=O)N(C)[C@@H](CC(C)C)C(=O)N(C)[C@@H](C(C)C)C(=O)N1C. The highest BCUT2D eigenvalue weighted by molar-refractivity contribution is 8.00. The van der Waals surface area contributed by atoms with Crippen molar-refractivity contribution < 1.29 is 57.8 Å².